The average Bonchev–Trinajstić information content (AvgIpc) is 3.65. The van der Waals surface area contributed by atoms with Crippen molar-refractivity contribution in [2.45, 2.75) is 80.3 Å². The van der Waals surface area contributed by atoms with Crippen molar-refractivity contribution in [3.8, 4) is 0 Å². The Balaban J connectivity index is 1.26. The summed E-state index contributed by atoms with van der Waals surface area (Å²) in [7, 11) is 0. The quantitative estimate of drug-likeness (QED) is 0.0947. The zero-order valence-corrected chi connectivity index (χ0v) is 31.6. The largest absolute Gasteiger partial charge is 0.456 e. The van der Waals surface area contributed by atoms with Gasteiger partial charge in [-0.05, 0) is 24.6 Å². The van der Waals surface area contributed by atoms with Crippen LogP contribution >= 0.6 is 0 Å². The molecule has 58 heavy (non-hydrogen) atoms. The summed E-state index contributed by atoms with van der Waals surface area (Å²) in [5.41, 5.74) is 1.98. The highest BCUT2D eigenvalue weighted by atomic mass is 16.8. The van der Waals surface area contributed by atoms with Gasteiger partial charge in [0.1, 0.15) is 48.8 Å². The molecule has 3 aliphatic rings. The van der Waals surface area contributed by atoms with E-state index in [1.54, 1.807) is 36.4 Å². The van der Waals surface area contributed by atoms with Gasteiger partial charge in [-0.15, -0.1) is 0 Å². The van der Waals surface area contributed by atoms with Gasteiger partial charge < -0.3 is 65.0 Å². The van der Waals surface area contributed by atoms with Gasteiger partial charge in [-0.3, -0.25) is 9.59 Å². The molecule has 2 saturated heterocycles. The van der Waals surface area contributed by atoms with Crippen LogP contribution in [-0.2, 0) is 39.1 Å². The fraction of sp³-hybridized carbons (Fsp3) is 0.405. The number of esters is 1. The molecular formula is C42H48N2O14. The van der Waals surface area contributed by atoms with E-state index in [1.165, 1.54) is 13.0 Å². The van der Waals surface area contributed by atoms with E-state index in [0.29, 0.717) is 16.7 Å². The van der Waals surface area contributed by atoms with E-state index in [1.807, 2.05) is 60.7 Å². The number of fused-ring (bicyclic) bond motifs is 1. The molecule has 3 aromatic rings. The molecule has 16 heteroatoms. The maximum atomic E-state index is 14.1. The average molecular weight is 805 g/mol. The molecule has 0 saturated carbocycles. The Hall–Kier alpha value is -4.85. The highest BCUT2D eigenvalue weighted by Gasteiger charge is 2.55. The van der Waals surface area contributed by atoms with Gasteiger partial charge in [0.25, 0.3) is 0 Å². The van der Waals surface area contributed by atoms with E-state index >= 15 is 0 Å². The summed E-state index contributed by atoms with van der Waals surface area (Å²) in [6, 6.07) is 23.6. The molecule has 0 spiro atoms. The second-order valence-corrected chi connectivity index (χ2v) is 14.1. The monoisotopic (exact) mass is 804 g/mol. The maximum absolute atomic E-state index is 14.1. The van der Waals surface area contributed by atoms with Crippen LogP contribution in [-0.4, -0.2) is 136 Å². The minimum atomic E-state index is -1.60. The second kappa shape index (κ2) is 19.3. The number of hydrogen-bond acceptors (Lipinski definition) is 14. The molecular weight excluding hydrogens is 756 g/mol. The summed E-state index contributed by atoms with van der Waals surface area (Å²) >= 11 is 0. The number of nitrogens with one attached hydrogen (secondary N) is 2. The van der Waals surface area contributed by atoms with E-state index in [2.05, 4.69) is 10.6 Å². The molecule has 0 radical (unpaired) electrons. The first-order chi connectivity index (χ1) is 28.0. The lowest BCUT2D eigenvalue weighted by atomic mass is 9.91. The van der Waals surface area contributed by atoms with Gasteiger partial charge in [-0.2, -0.15) is 0 Å². The molecule has 3 aromatic carbocycles. The molecule has 2 aliphatic heterocycles. The first kappa shape index (κ1) is 42.7. The predicted molar refractivity (Wildman–Crippen MR) is 204 cm³/mol. The zero-order chi connectivity index (χ0) is 41.4. The summed E-state index contributed by atoms with van der Waals surface area (Å²) in [6.45, 7) is 0.150. The maximum Gasteiger partial charge on any atom is 0.339 e. The number of benzene rings is 3. The first-order valence-corrected chi connectivity index (χ1v) is 18.9. The lowest BCUT2D eigenvalue weighted by Crippen LogP contribution is -2.59. The molecule has 8 N–H and O–H groups in total. The Morgan fingerprint density at radius 1 is 0.897 bits per heavy atom. The number of rotatable bonds is 15. The van der Waals surface area contributed by atoms with Gasteiger partial charge in [0.05, 0.1) is 31.5 Å². The third-order valence-corrected chi connectivity index (χ3v) is 10.1. The third-order valence-electron chi connectivity index (χ3n) is 10.1. The lowest BCUT2D eigenvalue weighted by Gasteiger charge is -2.39. The number of carbonyl (C=O) groups excluding carboxylic acids is 3. The summed E-state index contributed by atoms with van der Waals surface area (Å²) in [5.74, 6) is -3.65. The predicted octanol–water partition coefficient (Wildman–Crippen LogP) is 0.0312. The number of hydrogen-bond donors (Lipinski definition) is 8. The van der Waals surface area contributed by atoms with Crippen LogP contribution in [0.15, 0.2) is 103 Å². The van der Waals surface area contributed by atoms with Gasteiger partial charge in [-0.1, -0.05) is 91.0 Å². The van der Waals surface area contributed by atoms with Crippen molar-refractivity contribution in [2.75, 3.05) is 26.4 Å². The number of aliphatic hydroxyl groups is 6. The van der Waals surface area contributed by atoms with Crippen molar-refractivity contribution in [2.24, 2.45) is 0 Å². The van der Waals surface area contributed by atoms with E-state index in [-0.39, 0.29) is 37.3 Å². The number of carbonyl (C=O) groups is 3. The van der Waals surface area contributed by atoms with E-state index in [9.17, 15) is 45.0 Å². The number of amides is 2. The lowest BCUT2D eigenvalue weighted by molar-refractivity contribution is -0.298. The number of aliphatic hydroxyl groups excluding tert-OH is 6. The summed E-state index contributed by atoms with van der Waals surface area (Å²) in [6.07, 6.45) is -6.94. The van der Waals surface area contributed by atoms with Crippen molar-refractivity contribution in [3.63, 3.8) is 0 Å². The van der Waals surface area contributed by atoms with Crippen LogP contribution in [0.3, 0.4) is 0 Å². The third kappa shape index (κ3) is 9.37. The van der Waals surface area contributed by atoms with Crippen LogP contribution in [0.25, 0.3) is 6.08 Å². The van der Waals surface area contributed by atoms with Gasteiger partial charge in [0.2, 0.25) is 17.6 Å². The normalized spacial score (nSPS) is 27.5. The van der Waals surface area contributed by atoms with Gasteiger partial charge >= 0.3 is 5.97 Å². The van der Waals surface area contributed by atoms with Crippen molar-refractivity contribution < 1.29 is 68.7 Å². The Labute approximate surface area is 334 Å². The summed E-state index contributed by atoms with van der Waals surface area (Å²) in [5, 5.41) is 64.5. The van der Waals surface area contributed by atoms with Gasteiger partial charge in [-0.25, -0.2) is 4.79 Å². The van der Waals surface area contributed by atoms with Crippen molar-refractivity contribution >= 4 is 23.9 Å². The van der Waals surface area contributed by atoms with Crippen LogP contribution in [0.1, 0.15) is 40.4 Å². The van der Waals surface area contributed by atoms with Crippen molar-refractivity contribution in [1.82, 2.24) is 10.6 Å². The topological polar surface area (TPSA) is 243 Å². The van der Waals surface area contributed by atoms with Crippen molar-refractivity contribution in [3.05, 3.63) is 125 Å². The van der Waals surface area contributed by atoms with Crippen LogP contribution in [0, 0.1) is 0 Å². The van der Waals surface area contributed by atoms with E-state index in [4.69, 9.17) is 23.7 Å². The molecule has 0 unspecified atom stereocenters. The second-order valence-electron chi connectivity index (χ2n) is 14.1. The molecule has 0 aromatic heterocycles. The Kier molecular flexibility index (Phi) is 14.2. The molecule has 310 valence electrons. The standard InChI is InChI=1S/C42H48N2O14/c1-24(47)33(39(52)43-18-19-45)44-38(51)26-21-30(37-31(22-26)57-42(58-37,27-13-4-2-5-14-27)28-15-6-3-7-16-28)55-40(53)29-17-9-8-11-25(29)12-10-20-54-41-36(50)35(49)34(48)32(23-46)56-41/h2-17,22,24,30-37,41,45-50H,18-21,23H2,1H3,(H,43,52)(H,44,51)/t24-,30+,31+,32+,33+,34-,35-,36+,37-,41-/m0/s1. The first-order valence-electron chi connectivity index (χ1n) is 18.9. The van der Waals surface area contributed by atoms with E-state index < -0.39 is 91.3 Å². The minimum absolute atomic E-state index is 0.0867. The van der Waals surface area contributed by atoms with Crippen LogP contribution in [0.5, 0.6) is 0 Å². The molecule has 2 amide bonds. The van der Waals surface area contributed by atoms with Gasteiger partial charge in [0.15, 0.2) is 6.29 Å². The zero-order valence-electron chi connectivity index (χ0n) is 31.6. The fourth-order valence-corrected chi connectivity index (χ4v) is 7.08. The highest BCUT2D eigenvalue weighted by molar-refractivity contribution is 5.98. The molecule has 16 nitrogen and oxygen atoms in total. The van der Waals surface area contributed by atoms with Crippen molar-refractivity contribution in [1.29, 1.82) is 0 Å². The molecule has 2 fully saturated rings. The molecule has 0 bridgehead atoms. The highest BCUT2D eigenvalue weighted by Crippen LogP contribution is 2.47. The minimum Gasteiger partial charge on any atom is -0.456 e. The Morgan fingerprint density at radius 2 is 1.55 bits per heavy atom. The Morgan fingerprint density at radius 3 is 2.19 bits per heavy atom. The Bertz CT molecular complexity index is 1880. The molecule has 1 aliphatic carbocycles. The molecule has 6 rings (SSSR count). The smallest absolute Gasteiger partial charge is 0.339 e. The molecule has 2 heterocycles. The molecule has 10 atom stereocenters. The van der Waals surface area contributed by atoms with Gasteiger partial charge in [0, 0.05) is 29.7 Å². The van der Waals surface area contributed by atoms with E-state index in [0.717, 1.165) is 0 Å². The van der Waals surface area contributed by atoms with Crippen LogP contribution in [0.4, 0.5) is 0 Å². The summed E-state index contributed by atoms with van der Waals surface area (Å²) in [4.78, 5) is 40.7. The SMILES string of the molecule is C[C@H](O)[C@@H](NC(=O)C1=C[C@H]2OC(c3ccccc3)(c3ccccc3)O[C@H]2[C@H](OC(=O)c2ccccc2C=CCO[C@H]2O[C@H](CO)[C@H](O)[C@H](O)[C@H]2O)C1)C(=O)NCCO. The fourth-order valence-electron chi connectivity index (χ4n) is 7.08. The van der Waals surface area contributed by atoms with Crippen LogP contribution in [0.2, 0.25) is 0 Å². The summed E-state index contributed by atoms with van der Waals surface area (Å²) < 4.78 is 30.6. The van der Waals surface area contributed by atoms with Crippen LogP contribution < -0.4 is 10.6 Å². The number of ether oxygens (including phenoxy) is 5.